The van der Waals surface area contributed by atoms with E-state index in [1.807, 2.05) is 0 Å². The molecule has 1 atom stereocenters. The molecule has 0 N–H and O–H groups in total. The summed E-state index contributed by atoms with van der Waals surface area (Å²) in [5.41, 5.74) is 15.3. The van der Waals surface area contributed by atoms with Crippen LogP contribution in [0.4, 0.5) is 0 Å². The molecule has 14 aromatic rings. The fraction of sp³-hybridized carbons (Fsp3) is 0.0133. The van der Waals surface area contributed by atoms with Gasteiger partial charge in [0.2, 0.25) is 0 Å². The Bertz CT molecular complexity index is 4630. The third-order valence-corrected chi connectivity index (χ3v) is 22.1. The third kappa shape index (κ3) is 6.31. The van der Waals surface area contributed by atoms with Crippen molar-refractivity contribution in [1.82, 2.24) is 4.57 Å². The van der Waals surface area contributed by atoms with Crippen molar-refractivity contribution in [2.45, 2.75) is 5.41 Å². The molecule has 2 heterocycles. The molecule has 2 aliphatic rings. The second kappa shape index (κ2) is 17.4. The van der Waals surface area contributed by atoms with Crippen LogP contribution in [0.2, 0.25) is 0 Å². The van der Waals surface area contributed by atoms with E-state index in [9.17, 15) is 0 Å². The van der Waals surface area contributed by atoms with Gasteiger partial charge in [-0.3, -0.25) is 0 Å². The van der Waals surface area contributed by atoms with Crippen LogP contribution >= 0.6 is 0 Å². The molecule has 0 spiro atoms. The molecular weight excluding hydrogens is 959 g/mol. The van der Waals surface area contributed by atoms with Gasteiger partial charge in [-0.05, 0) is 129 Å². The number of aromatic nitrogens is 1. The van der Waals surface area contributed by atoms with Gasteiger partial charge in [0, 0.05) is 16.2 Å². The molecular formula is C75H49NOSi. The first-order valence-corrected chi connectivity index (χ1v) is 29.1. The molecule has 1 aliphatic heterocycles. The van der Waals surface area contributed by atoms with Gasteiger partial charge in [0.25, 0.3) is 0 Å². The molecule has 0 saturated carbocycles. The quantitative estimate of drug-likeness (QED) is 0.145. The molecule has 0 radical (unpaired) electrons. The first-order chi connectivity index (χ1) is 38.7. The zero-order valence-corrected chi connectivity index (χ0v) is 43.6. The molecule has 1 aliphatic carbocycles. The van der Waals surface area contributed by atoms with Crippen molar-refractivity contribution >= 4 is 72.2 Å². The van der Waals surface area contributed by atoms with Crippen LogP contribution in [-0.4, -0.2) is 12.6 Å². The van der Waals surface area contributed by atoms with Gasteiger partial charge < -0.3 is 9.30 Å². The Hall–Kier alpha value is -9.80. The van der Waals surface area contributed by atoms with E-state index in [0.717, 1.165) is 22.7 Å². The Morgan fingerprint density at radius 2 is 0.821 bits per heavy atom. The minimum absolute atomic E-state index is 0.574. The van der Waals surface area contributed by atoms with E-state index in [4.69, 9.17) is 4.74 Å². The molecule has 0 fully saturated rings. The Morgan fingerprint density at radius 3 is 1.54 bits per heavy atom. The molecule has 2 nitrogen and oxygen atoms in total. The maximum absolute atomic E-state index is 7.40. The number of fused-ring (bicyclic) bond motifs is 10. The van der Waals surface area contributed by atoms with Gasteiger partial charge in [-0.2, -0.15) is 0 Å². The minimum atomic E-state index is -3.31. The zero-order valence-electron chi connectivity index (χ0n) is 42.6. The predicted octanol–water partition coefficient (Wildman–Crippen LogP) is 16.3. The smallest absolute Gasteiger partial charge is 0.188 e. The van der Waals surface area contributed by atoms with Gasteiger partial charge in [-0.15, -0.1) is 0 Å². The van der Waals surface area contributed by atoms with E-state index in [1.54, 1.807) is 0 Å². The average Bonchev–Trinajstić information content (AvgIpc) is 4.17. The number of nitrogens with zero attached hydrogens (tertiary/aromatic N) is 1. The fourth-order valence-corrected chi connectivity index (χ4v) is 19.1. The SMILES string of the molecule is c1ccc(-c2ccc3cc([Si]4(c5ccc(-n6c7ccccc7c7ccccc76)c6ccccc56)c5ccccc5Oc5cc(-c6ccccc6C6(c7ccccc7)c7ccccc7-c7ccccc76)ccc54)ccc3c2)cc1. The average molecular weight is 1010 g/mol. The summed E-state index contributed by atoms with van der Waals surface area (Å²) in [5.74, 6) is 1.79. The lowest BCUT2D eigenvalue weighted by molar-refractivity contribution is 0.487. The van der Waals surface area contributed by atoms with Crippen molar-refractivity contribution in [1.29, 1.82) is 0 Å². The van der Waals surface area contributed by atoms with Crippen LogP contribution in [0, 0.1) is 0 Å². The van der Waals surface area contributed by atoms with E-state index < -0.39 is 13.5 Å². The molecule has 0 bridgehead atoms. The lowest BCUT2D eigenvalue weighted by Gasteiger charge is -2.41. The summed E-state index contributed by atoms with van der Waals surface area (Å²) in [5, 5.41) is 12.5. The van der Waals surface area contributed by atoms with Crippen LogP contribution in [0.3, 0.4) is 0 Å². The fourth-order valence-electron chi connectivity index (χ4n) is 14.0. The summed E-state index contributed by atoms with van der Waals surface area (Å²) in [6.45, 7) is 0. The van der Waals surface area contributed by atoms with Crippen LogP contribution < -0.4 is 25.5 Å². The predicted molar refractivity (Wildman–Crippen MR) is 328 cm³/mol. The van der Waals surface area contributed by atoms with E-state index in [0.29, 0.717) is 0 Å². The van der Waals surface area contributed by atoms with Crippen molar-refractivity contribution in [2.75, 3.05) is 0 Å². The zero-order chi connectivity index (χ0) is 51.4. The summed E-state index contributed by atoms with van der Waals surface area (Å²) >= 11 is 0. The number of hydrogen-bond acceptors (Lipinski definition) is 1. The number of hydrogen-bond donors (Lipinski definition) is 0. The second-order valence-electron chi connectivity index (χ2n) is 21.0. The van der Waals surface area contributed by atoms with Gasteiger partial charge in [-0.25, -0.2) is 0 Å². The molecule has 16 rings (SSSR count). The van der Waals surface area contributed by atoms with Crippen molar-refractivity contribution in [3.05, 3.63) is 320 Å². The Balaban J connectivity index is 0.971. The maximum Gasteiger partial charge on any atom is 0.188 e. The van der Waals surface area contributed by atoms with Crippen molar-refractivity contribution in [2.24, 2.45) is 0 Å². The van der Waals surface area contributed by atoms with Gasteiger partial charge in [0.1, 0.15) is 11.5 Å². The molecule has 0 amide bonds. The van der Waals surface area contributed by atoms with Crippen LogP contribution in [0.25, 0.3) is 82.4 Å². The normalized spacial score (nSPS) is 14.9. The van der Waals surface area contributed by atoms with Crippen LogP contribution in [0.1, 0.15) is 22.3 Å². The molecule has 0 saturated heterocycles. The van der Waals surface area contributed by atoms with E-state index in [2.05, 4.69) is 302 Å². The van der Waals surface area contributed by atoms with Gasteiger partial charge >= 0.3 is 0 Å². The number of rotatable bonds is 7. The largest absolute Gasteiger partial charge is 0.458 e. The molecule has 1 unspecified atom stereocenters. The van der Waals surface area contributed by atoms with E-state index in [1.165, 1.54) is 114 Å². The standard InChI is InChI=1S/C75H49NOSi/c1-3-21-50(22-4-1)51-39-40-53-48-56(43-41-52(53)47-51)78(72-46-44-69(62-30-7-8-31-63(62)72)76-67-35-17-12-28-60(67)61-29-13-18-36-68(61)76)73-38-20-19-37-70(73)77-71-49-54(42-45-74(71)78)57-25-9-14-32-64(57)75(55-23-5-2-6-24-55)65-33-15-10-26-58(65)59-27-11-16-34-66(59)75/h1-49H. The highest BCUT2D eigenvalue weighted by Crippen LogP contribution is 2.58. The maximum atomic E-state index is 7.40. The second-order valence-corrected chi connectivity index (χ2v) is 24.7. The summed E-state index contributed by atoms with van der Waals surface area (Å²) in [6.07, 6.45) is 0. The first kappa shape index (κ1) is 44.5. The molecule has 3 heteroatoms. The van der Waals surface area contributed by atoms with Crippen molar-refractivity contribution in [3.63, 3.8) is 0 Å². The summed E-state index contributed by atoms with van der Waals surface area (Å²) in [6, 6.07) is 111. The monoisotopic (exact) mass is 1010 g/mol. The van der Waals surface area contributed by atoms with E-state index >= 15 is 0 Å². The van der Waals surface area contributed by atoms with Gasteiger partial charge in [-0.1, -0.05) is 261 Å². The Labute approximate surface area is 454 Å². The number of ether oxygens (including phenoxy) is 1. The first-order valence-electron chi connectivity index (χ1n) is 27.1. The summed E-state index contributed by atoms with van der Waals surface area (Å²) in [4.78, 5) is 0. The Kier molecular flexibility index (Phi) is 9.91. The number of benzene rings is 13. The van der Waals surface area contributed by atoms with Gasteiger partial charge in [0.05, 0.1) is 22.1 Å². The third-order valence-electron chi connectivity index (χ3n) is 17.2. The van der Waals surface area contributed by atoms with Crippen LogP contribution in [0.5, 0.6) is 11.5 Å². The number of para-hydroxylation sites is 3. The lowest BCUT2D eigenvalue weighted by atomic mass is 9.66. The van der Waals surface area contributed by atoms with Crippen molar-refractivity contribution in [3.8, 4) is 50.6 Å². The molecule has 364 valence electrons. The highest BCUT2D eigenvalue weighted by molar-refractivity contribution is 7.21. The molecule has 1 aromatic heterocycles. The topological polar surface area (TPSA) is 14.2 Å². The lowest BCUT2D eigenvalue weighted by Crippen LogP contribution is -2.76. The summed E-state index contributed by atoms with van der Waals surface area (Å²) in [7, 11) is -3.31. The minimum Gasteiger partial charge on any atom is -0.458 e. The van der Waals surface area contributed by atoms with E-state index in [-0.39, 0.29) is 0 Å². The van der Waals surface area contributed by atoms with Crippen molar-refractivity contribution < 1.29 is 4.74 Å². The Morgan fingerprint density at radius 1 is 0.308 bits per heavy atom. The highest BCUT2D eigenvalue weighted by Gasteiger charge is 2.50. The van der Waals surface area contributed by atoms with Crippen LogP contribution in [-0.2, 0) is 5.41 Å². The molecule has 78 heavy (non-hydrogen) atoms. The molecule has 13 aromatic carbocycles. The summed E-state index contributed by atoms with van der Waals surface area (Å²) < 4.78 is 9.88. The van der Waals surface area contributed by atoms with Gasteiger partial charge in [0.15, 0.2) is 8.07 Å². The van der Waals surface area contributed by atoms with Crippen LogP contribution in [0.15, 0.2) is 297 Å². The highest BCUT2D eigenvalue weighted by atomic mass is 28.3.